The molecule has 0 bridgehead atoms. The molecule has 8 heteroatoms. The van der Waals surface area contributed by atoms with Crippen molar-refractivity contribution >= 4 is 0 Å². The third kappa shape index (κ3) is 7.45. The summed E-state index contributed by atoms with van der Waals surface area (Å²) in [6, 6.07) is 0. The Morgan fingerprint density at radius 1 is 0.941 bits per heavy atom. The first-order valence-electron chi connectivity index (χ1n) is 5.16. The summed E-state index contributed by atoms with van der Waals surface area (Å²) in [4.78, 5) is 0. The molecule has 0 aromatic heterocycles. The Hall–Kier alpha value is -0.470. The molecule has 0 aromatic carbocycles. The predicted octanol–water partition coefficient (Wildman–Crippen LogP) is 1.40. The summed E-state index contributed by atoms with van der Waals surface area (Å²) in [5.74, 6) is -4.67. The normalized spacial score (nSPS) is 13.1. The second kappa shape index (κ2) is 7.78. The molecule has 0 heterocycles. The average Bonchev–Trinajstić information content (AvgIpc) is 2.20. The molecule has 0 amide bonds. The highest BCUT2D eigenvalue weighted by molar-refractivity contribution is 4.78. The highest BCUT2D eigenvalue weighted by atomic mass is 19.4. The minimum atomic E-state index is -5.49. The number of hydrogen-bond donors (Lipinski definition) is 2. The zero-order valence-corrected chi connectivity index (χ0v) is 9.54. The van der Waals surface area contributed by atoms with Crippen LogP contribution in [0.5, 0.6) is 0 Å². The quantitative estimate of drug-likeness (QED) is 0.488. The number of halogens is 5. The molecule has 0 atom stereocenters. The Morgan fingerprint density at radius 3 is 2.06 bits per heavy atom. The Balaban J connectivity index is 3.46. The third-order valence-corrected chi connectivity index (χ3v) is 1.95. The van der Waals surface area contributed by atoms with Gasteiger partial charge in [0.2, 0.25) is 0 Å². The average molecular weight is 264 g/mol. The van der Waals surface area contributed by atoms with E-state index < -0.39 is 18.6 Å². The van der Waals surface area contributed by atoms with E-state index in [4.69, 9.17) is 4.74 Å². The molecule has 104 valence electrons. The minimum absolute atomic E-state index is 0.103. The van der Waals surface area contributed by atoms with Crippen molar-refractivity contribution in [2.45, 2.75) is 18.5 Å². The summed E-state index contributed by atoms with van der Waals surface area (Å²) in [6.45, 7) is 0.406. The lowest BCUT2D eigenvalue weighted by atomic mass is 10.3. The van der Waals surface area contributed by atoms with Gasteiger partial charge in [-0.05, 0) is 19.5 Å². The van der Waals surface area contributed by atoms with E-state index in [0.717, 1.165) is 0 Å². The lowest BCUT2D eigenvalue weighted by molar-refractivity contribution is -0.279. The van der Waals surface area contributed by atoms with E-state index in [-0.39, 0.29) is 6.54 Å². The molecule has 0 saturated carbocycles. The number of methoxy groups -OCH3 is 1. The van der Waals surface area contributed by atoms with Gasteiger partial charge in [-0.3, -0.25) is 0 Å². The van der Waals surface area contributed by atoms with Gasteiger partial charge in [-0.1, -0.05) is 0 Å². The van der Waals surface area contributed by atoms with Crippen LogP contribution in [0.15, 0.2) is 0 Å². The molecule has 0 rings (SSSR count). The van der Waals surface area contributed by atoms with Gasteiger partial charge in [0.1, 0.15) is 0 Å². The van der Waals surface area contributed by atoms with Crippen molar-refractivity contribution in [1.29, 1.82) is 0 Å². The Kier molecular flexibility index (Phi) is 7.56. The van der Waals surface area contributed by atoms with E-state index in [9.17, 15) is 22.0 Å². The van der Waals surface area contributed by atoms with Crippen molar-refractivity contribution < 1.29 is 26.7 Å². The Labute approximate surface area is 96.7 Å². The summed E-state index contributed by atoms with van der Waals surface area (Å²) in [5.41, 5.74) is 0. The van der Waals surface area contributed by atoms with E-state index in [1.165, 1.54) is 0 Å². The monoisotopic (exact) mass is 264 g/mol. The van der Waals surface area contributed by atoms with E-state index >= 15 is 0 Å². The molecule has 0 aromatic rings. The van der Waals surface area contributed by atoms with Gasteiger partial charge in [0.15, 0.2) is 0 Å². The van der Waals surface area contributed by atoms with Gasteiger partial charge in [0, 0.05) is 13.7 Å². The van der Waals surface area contributed by atoms with Crippen LogP contribution in [0, 0.1) is 0 Å². The molecule has 0 spiro atoms. The zero-order valence-electron chi connectivity index (χ0n) is 9.54. The van der Waals surface area contributed by atoms with Gasteiger partial charge < -0.3 is 15.4 Å². The van der Waals surface area contributed by atoms with Gasteiger partial charge in [0.05, 0.1) is 13.2 Å². The largest absolute Gasteiger partial charge is 0.454 e. The molecule has 17 heavy (non-hydrogen) atoms. The number of hydrogen-bond acceptors (Lipinski definition) is 3. The van der Waals surface area contributed by atoms with Crippen molar-refractivity contribution in [1.82, 2.24) is 10.6 Å². The van der Waals surface area contributed by atoms with Crippen molar-refractivity contribution in [2.24, 2.45) is 0 Å². The summed E-state index contributed by atoms with van der Waals surface area (Å²) in [5, 5.41) is 5.02. The van der Waals surface area contributed by atoms with E-state index in [2.05, 4.69) is 10.6 Å². The number of alkyl halides is 5. The van der Waals surface area contributed by atoms with E-state index in [0.29, 0.717) is 26.1 Å². The van der Waals surface area contributed by atoms with Gasteiger partial charge in [-0.15, -0.1) is 0 Å². The first-order valence-corrected chi connectivity index (χ1v) is 5.16. The second-order valence-electron chi connectivity index (χ2n) is 3.48. The Bertz CT molecular complexity index is 198. The van der Waals surface area contributed by atoms with E-state index in [1.54, 1.807) is 7.11 Å². The summed E-state index contributed by atoms with van der Waals surface area (Å²) in [6.07, 6.45) is -5.02. The van der Waals surface area contributed by atoms with Gasteiger partial charge in [0.25, 0.3) is 0 Å². The fourth-order valence-electron chi connectivity index (χ4n) is 0.983. The molecule has 0 saturated heterocycles. The van der Waals surface area contributed by atoms with Crippen LogP contribution >= 0.6 is 0 Å². The second-order valence-corrected chi connectivity index (χ2v) is 3.48. The topological polar surface area (TPSA) is 33.3 Å². The molecular weight excluding hydrogens is 247 g/mol. The van der Waals surface area contributed by atoms with Crippen molar-refractivity contribution in [3.63, 3.8) is 0 Å². The van der Waals surface area contributed by atoms with Crippen LogP contribution in [0.3, 0.4) is 0 Å². The standard InChI is InChI=1S/C9H17F5N2O/c1-17-6-5-15-3-2-4-16-7-8(10,11)9(12,13)14/h15-16H,2-7H2,1H3. The zero-order chi connectivity index (χ0) is 13.4. The summed E-state index contributed by atoms with van der Waals surface area (Å²) < 4.78 is 64.7. The fraction of sp³-hybridized carbons (Fsp3) is 1.00. The molecule has 2 N–H and O–H groups in total. The fourth-order valence-corrected chi connectivity index (χ4v) is 0.983. The molecule has 0 aliphatic rings. The van der Waals surface area contributed by atoms with Gasteiger partial charge in [-0.2, -0.15) is 22.0 Å². The number of ether oxygens (including phenoxy) is 1. The van der Waals surface area contributed by atoms with Crippen molar-refractivity contribution in [3.05, 3.63) is 0 Å². The molecule has 3 nitrogen and oxygen atoms in total. The molecule has 0 aliphatic carbocycles. The van der Waals surface area contributed by atoms with Crippen LogP contribution in [0.25, 0.3) is 0 Å². The first kappa shape index (κ1) is 16.5. The summed E-state index contributed by atoms with van der Waals surface area (Å²) >= 11 is 0. The van der Waals surface area contributed by atoms with Gasteiger partial charge >= 0.3 is 12.1 Å². The van der Waals surface area contributed by atoms with Crippen LogP contribution in [-0.2, 0) is 4.74 Å². The highest BCUT2D eigenvalue weighted by Crippen LogP contribution is 2.34. The minimum Gasteiger partial charge on any atom is -0.383 e. The molecular formula is C9H17F5N2O. The summed E-state index contributed by atoms with van der Waals surface area (Å²) in [7, 11) is 1.54. The maximum atomic E-state index is 12.4. The molecule has 0 fully saturated rings. The number of nitrogens with one attached hydrogen (secondary N) is 2. The molecule has 0 aliphatic heterocycles. The van der Waals surface area contributed by atoms with Crippen molar-refractivity contribution in [2.75, 3.05) is 39.9 Å². The lowest BCUT2D eigenvalue weighted by Crippen LogP contribution is -2.45. The Morgan fingerprint density at radius 2 is 1.53 bits per heavy atom. The first-order chi connectivity index (χ1) is 7.81. The van der Waals surface area contributed by atoms with Crippen LogP contribution in [0.1, 0.15) is 6.42 Å². The van der Waals surface area contributed by atoms with Crippen LogP contribution in [0.2, 0.25) is 0 Å². The van der Waals surface area contributed by atoms with Crippen LogP contribution < -0.4 is 10.6 Å². The molecule has 0 unspecified atom stereocenters. The SMILES string of the molecule is COCCNCCCNCC(F)(F)C(F)(F)F. The van der Waals surface area contributed by atoms with E-state index in [1.807, 2.05) is 0 Å². The third-order valence-electron chi connectivity index (χ3n) is 1.95. The van der Waals surface area contributed by atoms with Crippen LogP contribution in [-0.4, -0.2) is 52.0 Å². The van der Waals surface area contributed by atoms with Gasteiger partial charge in [-0.25, -0.2) is 0 Å². The van der Waals surface area contributed by atoms with Crippen molar-refractivity contribution in [3.8, 4) is 0 Å². The predicted molar refractivity (Wildman–Crippen MR) is 53.2 cm³/mol. The van der Waals surface area contributed by atoms with Crippen LogP contribution in [0.4, 0.5) is 22.0 Å². The maximum absolute atomic E-state index is 12.4. The smallest absolute Gasteiger partial charge is 0.383 e. The molecule has 0 radical (unpaired) electrons. The maximum Gasteiger partial charge on any atom is 0.454 e. The number of rotatable bonds is 9. The highest BCUT2D eigenvalue weighted by Gasteiger charge is 2.56. The lowest BCUT2D eigenvalue weighted by Gasteiger charge is -2.19.